The summed E-state index contributed by atoms with van der Waals surface area (Å²) in [7, 11) is 1.37. The Balaban J connectivity index is 3.60. The molecule has 2 atom stereocenters. The van der Waals surface area contributed by atoms with Gasteiger partial charge in [-0.2, -0.15) is 13.2 Å². The van der Waals surface area contributed by atoms with Crippen LogP contribution in [0.5, 0.6) is 5.75 Å². The van der Waals surface area contributed by atoms with Gasteiger partial charge in [-0.15, -0.1) is 0 Å². The Bertz CT molecular complexity index is 616. The molecule has 24 heavy (non-hydrogen) atoms. The third-order valence-corrected chi connectivity index (χ3v) is 4.89. The Hall–Kier alpha value is -1.28. The number of hydrogen-bond donors (Lipinski definition) is 2. The van der Waals surface area contributed by atoms with E-state index < -0.39 is 29.1 Å². The van der Waals surface area contributed by atoms with E-state index in [4.69, 9.17) is 9.84 Å². The monoisotopic (exact) mass is 412 g/mol. The first-order valence-electron chi connectivity index (χ1n) is 7.20. The smallest absolute Gasteiger partial charge is 0.428 e. The number of methoxy groups -OCH3 is 1. The molecule has 2 N–H and O–H groups in total. The normalized spacial score (nSPS) is 16.4. The van der Waals surface area contributed by atoms with Crippen molar-refractivity contribution in [1.82, 2.24) is 0 Å². The average Bonchev–Trinajstić information content (AvgIpc) is 2.45. The molecule has 1 aromatic carbocycles. The van der Waals surface area contributed by atoms with Gasteiger partial charge in [-0.05, 0) is 24.0 Å². The number of carboxylic acids is 1. The topological polar surface area (TPSA) is 66.8 Å². The third kappa shape index (κ3) is 3.39. The average molecular weight is 413 g/mol. The Morgan fingerprint density at radius 2 is 1.88 bits per heavy atom. The summed E-state index contributed by atoms with van der Waals surface area (Å²) in [6.45, 7) is 4.34. The molecule has 1 aromatic rings. The highest BCUT2D eigenvalue weighted by atomic mass is 79.9. The molecule has 8 heteroatoms. The fourth-order valence-electron chi connectivity index (χ4n) is 3.18. The fraction of sp³-hybridized carbons (Fsp3) is 0.562. The second-order valence-electron chi connectivity index (χ2n) is 6.10. The van der Waals surface area contributed by atoms with Crippen molar-refractivity contribution in [3.63, 3.8) is 0 Å². The molecule has 0 radical (unpaired) electrons. The summed E-state index contributed by atoms with van der Waals surface area (Å²) in [6, 6.07) is 4.77. The van der Waals surface area contributed by atoms with Crippen molar-refractivity contribution in [2.24, 2.45) is 5.92 Å². The van der Waals surface area contributed by atoms with E-state index in [1.165, 1.54) is 27.9 Å². The molecular weight excluding hydrogens is 393 g/mol. The maximum Gasteiger partial charge on any atom is 0.428 e. The van der Waals surface area contributed by atoms with Gasteiger partial charge >= 0.3 is 12.1 Å². The van der Waals surface area contributed by atoms with Gasteiger partial charge in [-0.3, -0.25) is 0 Å². The summed E-state index contributed by atoms with van der Waals surface area (Å²) >= 11 is 3.25. The largest absolute Gasteiger partial charge is 0.496 e. The van der Waals surface area contributed by atoms with E-state index >= 15 is 0 Å². The SMILES string of the molecule is CCC(C(C)(C)c1ccc(Br)cc1OC)C(O)(C(=O)O)C(F)(F)F. The van der Waals surface area contributed by atoms with Gasteiger partial charge in [0.15, 0.2) is 0 Å². The minimum atomic E-state index is -5.32. The molecule has 0 aliphatic rings. The first-order valence-corrected chi connectivity index (χ1v) is 7.99. The standard InChI is InChI=1S/C16H20BrF3O4/c1-5-12(15(23,13(21)22)16(18,19)20)14(2,3)10-7-6-9(17)8-11(10)24-4/h6-8,12,23H,5H2,1-4H3,(H,21,22). The van der Waals surface area contributed by atoms with Crippen LogP contribution in [0.15, 0.2) is 22.7 Å². The number of carboxylic acid groups (broad SMARTS) is 1. The molecule has 0 bridgehead atoms. The van der Waals surface area contributed by atoms with E-state index in [9.17, 15) is 23.1 Å². The molecular formula is C16H20BrF3O4. The Labute approximate surface area is 146 Å². The molecule has 136 valence electrons. The lowest BCUT2D eigenvalue weighted by Gasteiger charge is -2.43. The molecule has 0 aromatic heterocycles. The lowest BCUT2D eigenvalue weighted by molar-refractivity contribution is -0.282. The number of halogens is 4. The van der Waals surface area contributed by atoms with Gasteiger partial charge in [0.25, 0.3) is 5.60 Å². The molecule has 0 saturated heterocycles. The van der Waals surface area contributed by atoms with E-state index in [1.807, 2.05) is 0 Å². The lowest BCUT2D eigenvalue weighted by Crippen LogP contribution is -2.61. The summed E-state index contributed by atoms with van der Waals surface area (Å²) in [4.78, 5) is 11.3. The molecule has 2 unspecified atom stereocenters. The Kier molecular flexibility index (Phi) is 5.98. The number of carbonyl (C=O) groups is 1. The predicted octanol–water partition coefficient (Wildman–Crippen LogP) is 4.14. The van der Waals surface area contributed by atoms with Crippen LogP contribution in [-0.4, -0.2) is 35.1 Å². The van der Waals surface area contributed by atoms with Gasteiger partial charge in [0.05, 0.1) is 7.11 Å². The van der Waals surface area contributed by atoms with Crippen molar-refractivity contribution in [3.05, 3.63) is 28.2 Å². The highest BCUT2D eigenvalue weighted by Gasteiger charge is 2.67. The van der Waals surface area contributed by atoms with Crippen LogP contribution in [0.1, 0.15) is 32.8 Å². The van der Waals surface area contributed by atoms with Gasteiger partial charge in [-0.1, -0.05) is 42.8 Å². The molecule has 0 spiro atoms. The minimum absolute atomic E-state index is 0.200. The van der Waals surface area contributed by atoms with E-state index in [2.05, 4.69) is 15.9 Å². The van der Waals surface area contributed by atoms with Crippen LogP contribution in [-0.2, 0) is 10.2 Å². The second-order valence-corrected chi connectivity index (χ2v) is 7.01. The van der Waals surface area contributed by atoms with Gasteiger partial charge in [0, 0.05) is 16.0 Å². The fourth-order valence-corrected chi connectivity index (χ4v) is 3.52. The van der Waals surface area contributed by atoms with E-state index in [1.54, 1.807) is 18.2 Å². The van der Waals surface area contributed by atoms with Crippen LogP contribution < -0.4 is 4.74 Å². The van der Waals surface area contributed by atoms with Crippen LogP contribution in [0.25, 0.3) is 0 Å². The number of aliphatic carboxylic acids is 1. The molecule has 0 amide bonds. The molecule has 0 heterocycles. The predicted molar refractivity (Wildman–Crippen MR) is 86.1 cm³/mol. The van der Waals surface area contributed by atoms with Crippen molar-refractivity contribution in [3.8, 4) is 5.75 Å². The highest BCUT2D eigenvalue weighted by molar-refractivity contribution is 9.10. The van der Waals surface area contributed by atoms with Crippen molar-refractivity contribution in [2.75, 3.05) is 7.11 Å². The molecule has 0 aliphatic carbocycles. The second kappa shape index (κ2) is 6.92. The summed E-state index contributed by atoms with van der Waals surface area (Å²) in [6.07, 6.45) is -5.52. The van der Waals surface area contributed by atoms with E-state index in [-0.39, 0.29) is 6.42 Å². The number of alkyl halides is 3. The van der Waals surface area contributed by atoms with Crippen molar-refractivity contribution in [1.29, 1.82) is 0 Å². The maximum atomic E-state index is 13.4. The highest BCUT2D eigenvalue weighted by Crippen LogP contribution is 2.49. The molecule has 4 nitrogen and oxygen atoms in total. The van der Waals surface area contributed by atoms with Crippen molar-refractivity contribution < 1.29 is 32.9 Å². The summed E-state index contributed by atoms with van der Waals surface area (Å²) in [5.41, 5.74) is -4.82. The first kappa shape index (κ1) is 20.8. The van der Waals surface area contributed by atoms with Gasteiger partial charge in [-0.25, -0.2) is 4.79 Å². The van der Waals surface area contributed by atoms with Gasteiger partial charge in [0.1, 0.15) is 5.75 Å². The number of aliphatic hydroxyl groups is 1. The molecule has 0 fully saturated rings. The van der Waals surface area contributed by atoms with Crippen LogP contribution in [0.3, 0.4) is 0 Å². The zero-order valence-corrected chi connectivity index (χ0v) is 15.3. The summed E-state index contributed by atoms with van der Waals surface area (Å²) < 4.78 is 46.1. The first-order chi connectivity index (χ1) is 10.8. The third-order valence-electron chi connectivity index (χ3n) is 4.40. The zero-order valence-electron chi connectivity index (χ0n) is 13.7. The van der Waals surface area contributed by atoms with Crippen LogP contribution in [0.2, 0.25) is 0 Å². The molecule has 0 aliphatic heterocycles. The minimum Gasteiger partial charge on any atom is -0.496 e. The number of rotatable bonds is 6. The van der Waals surface area contributed by atoms with Crippen LogP contribution in [0, 0.1) is 5.92 Å². The van der Waals surface area contributed by atoms with E-state index in [0.717, 1.165) is 0 Å². The number of benzene rings is 1. The van der Waals surface area contributed by atoms with Crippen LogP contribution in [0.4, 0.5) is 13.2 Å². The number of ether oxygens (including phenoxy) is 1. The summed E-state index contributed by atoms with van der Waals surface area (Å²) in [5.74, 6) is -3.63. The molecule has 0 saturated carbocycles. The van der Waals surface area contributed by atoms with Crippen molar-refractivity contribution >= 4 is 21.9 Å². The maximum absolute atomic E-state index is 13.4. The quantitative estimate of drug-likeness (QED) is 0.736. The Morgan fingerprint density at radius 3 is 2.25 bits per heavy atom. The van der Waals surface area contributed by atoms with Gasteiger partial charge in [0.2, 0.25) is 0 Å². The van der Waals surface area contributed by atoms with Crippen molar-refractivity contribution in [2.45, 2.75) is 44.4 Å². The lowest BCUT2D eigenvalue weighted by atomic mass is 9.64. The van der Waals surface area contributed by atoms with Gasteiger partial charge < -0.3 is 14.9 Å². The molecule has 1 rings (SSSR count). The summed E-state index contributed by atoms with van der Waals surface area (Å²) in [5, 5.41) is 19.3. The Morgan fingerprint density at radius 1 is 1.33 bits per heavy atom. The number of hydrogen-bond acceptors (Lipinski definition) is 3. The van der Waals surface area contributed by atoms with E-state index in [0.29, 0.717) is 15.8 Å². The zero-order chi connectivity index (χ0) is 18.9. The van der Waals surface area contributed by atoms with Crippen LogP contribution >= 0.6 is 15.9 Å².